The zero-order chi connectivity index (χ0) is 12.7. The third kappa shape index (κ3) is 7.08. The molecule has 0 aliphatic carbocycles. The van der Waals surface area contributed by atoms with E-state index in [9.17, 15) is 0 Å². The van der Waals surface area contributed by atoms with Crippen LogP contribution in [0.4, 0.5) is 0 Å². The maximum atomic E-state index is 4.10. The van der Waals surface area contributed by atoms with Crippen molar-refractivity contribution >= 4 is 0 Å². The molecule has 1 heterocycles. The second-order valence-electron chi connectivity index (χ2n) is 5.84. The van der Waals surface area contributed by atoms with Crippen molar-refractivity contribution in [3.05, 3.63) is 30.1 Å². The lowest BCUT2D eigenvalue weighted by atomic mass is 9.96. The smallest absolute Gasteiger partial charge is 0.0312 e. The average molecular weight is 235 g/mol. The Labute approximate surface area is 105 Å². The molecular formula is C14H25N3. The largest absolute Gasteiger partial charge is 0.311 e. The number of rotatable bonds is 6. The first-order valence-corrected chi connectivity index (χ1v) is 6.25. The van der Waals surface area contributed by atoms with E-state index in [2.05, 4.69) is 49.1 Å². The highest BCUT2D eigenvalue weighted by atomic mass is 15.1. The molecule has 96 valence electrons. The molecule has 0 fully saturated rings. The highest BCUT2D eigenvalue weighted by molar-refractivity contribution is 5.07. The fourth-order valence-electron chi connectivity index (χ4n) is 1.89. The molecule has 1 N–H and O–H groups in total. The minimum absolute atomic E-state index is 0.373. The van der Waals surface area contributed by atoms with Gasteiger partial charge >= 0.3 is 0 Å². The Bertz CT molecular complexity index is 303. The Morgan fingerprint density at radius 2 is 2.12 bits per heavy atom. The predicted molar refractivity (Wildman–Crippen MR) is 72.9 cm³/mol. The molecule has 1 rings (SSSR count). The predicted octanol–water partition coefficient (Wildman–Crippen LogP) is 2.15. The van der Waals surface area contributed by atoms with Gasteiger partial charge < -0.3 is 10.2 Å². The van der Waals surface area contributed by atoms with Crippen LogP contribution in [0.2, 0.25) is 0 Å². The molecule has 0 aliphatic rings. The first-order valence-electron chi connectivity index (χ1n) is 6.25. The number of hydrogen-bond donors (Lipinski definition) is 1. The van der Waals surface area contributed by atoms with Crippen molar-refractivity contribution in [2.24, 2.45) is 5.41 Å². The van der Waals surface area contributed by atoms with Crippen molar-refractivity contribution in [2.75, 3.05) is 26.7 Å². The number of nitrogens with zero attached hydrogens (tertiary/aromatic N) is 2. The maximum Gasteiger partial charge on any atom is 0.0312 e. The molecule has 0 atom stereocenters. The molecule has 0 spiro atoms. The van der Waals surface area contributed by atoms with Crippen LogP contribution < -0.4 is 5.32 Å². The Balaban J connectivity index is 2.12. The highest BCUT2D eigenvalue weighted by Gasteiger charge is 2.12. The van der Waals surface area contributed by atoms with Crippen LogP contribution in [0.3, 0.4) is 0 Å². The molecule has 3 nitrogen and oxygen atoms in total. The fourth-order valence-corrected chi connectivity index (χ4v) is 1.89. The summed E-state index contributed by atoms with van der Waals surface area (Å²) in [6.45, 7) is 10.9. The van der Waals surface area contributed by atoms with Crippen molar-refractivity contribution in [1.82, 2.24) is 15.2 Å². The van der Waals surface area contributed by atoms with Gasteiger partial charge in [-0.3, -0.25) is 4.98 Å². The Morgan fingerprint density at radius 1 is 1.35 bits per heavy atom. The monoisotopic (exact) mass is 235 g/mol. The highest BCUT2D eigenvalue weighted by Crippen LogP contribution is 2.13. The third-order valence-electron chi connectivity index (χ3n) is 2.47. The van der Waals surface area contributed by atoms with Crippen LogP contribution >= 0.6 is 0 Å². The number of nitrogens with one attached hydrogen (secondary N) is 1. The Hall–Kier alpha value is -0.930. The van der Waals surface area contributed by atoms with Crippen molar-refractivity contribution in [1.29, 1.82) is 0 Å². The molecule has 0 amide bonds. The van der Waals surface area contributed by atoms with Crippen LogP contribution in [0.1, 0.15) is 26.3 Å². The topological polar surface area (TPSA) is 28.2 Å². The zero-order valence-corrected chi connectivity index (χ0v) is 11.5. The summed E-state index contributed by atoms with van der Waals surface area (Å²) in [6, 6.07) is 4.07. The van der Waals surface area contributed by atoms with Gasteiger partial charge in [-0.15, -0.1) is 0 Å². The van der Waals surface area contributed by atoms with Crippen LogP contribution in [0.5, 0.6) is 0 Å². The van der Waals surface area contributed by atoms with E-state index in [1.807, 2.05) is 12.3 Å². The fraction of sp³-hybridized carbons (Fsp3) is 0.643. The van der Waals surface area contributed by atoms with E-state index < -0.39 is 0 Å². The van der Waals surface area contributed by atoms with Crippen molar-refractivity contribution in [2.45, 2.75) is 27.3 Å². The summed E-state index contributed by atoms with van der Waals surface area (Å²) in [5.74, 6) is 0. The Morgan fingerprint density at radius 3 is 2.71 bits per heavy atom. The molecule has 0 aliphatic heterocycles. The van der Waals surface area contributed by atoms with Gasteiger partial charge in [-0.25, -0.2) is 0 Å². The third-order valence-corrected chi connectivity index (χ3v) is 2.47. The van der Waals surface area contributed by atoms with Crippen LogP contribution in [0.15, 0.2) is 24.5 Å². The molecule has 1 aromatic heterocycles. The van der Waals surface area contributed by atoms with Gasteiger partial charge in [0.1, 0.15) is 0 Å². The summed E-state index contributed by atoms with van der Waals surface area (Å²) in [6.07, 6.45) is 3.71. The van der Waals surface area contributed by atoms with Gasteiger partial charge in [0.2, 0.25) is 0 Å². The minimum Gasteiger partial charge on any atom is -0.311 e. The summed E-state index contributed by atoms with van der Waals surface area (Å²) >= 11 is 0. The summed E-state index contributed by atoms with van der Waals surface area (Å²) in [7, 11) is 2.18. The van der Waals surface area contributed by atoms with Gasteiger partial charge in [-0.05, 0) is 24.1 Å². The summed E-state index contributed by atoms with van der Waals surface area (Å²) in [4.78, 5) is 6.47. The molecule has 0 radical (unpaired) electrons. The number of likely N-dealkylation sites (N-methyl/N-ethyl adjacent to an activating group) is 1. The van der Waals surface area contributed by atoms with Gasteiger partial charge in [-0.2, -0.15) is 0 Å². The van der Waals surface area contributed by atoms with Crippen LogP contribution in [0, 0.1) is 5.41 Å². The van der Waals surface area contributed by atoms with Gasteiger partial charge in [0.25, 0.3) is 0 Å². The van der Waals surface area contributed by atoms with Gasteiger partial charge in [0.15, 0.2) is 0 Å². The molecule has 0 bridgehead atoms. The number of aromatic nitrogens is 1. The molecule has 0 saturated carbocycles. The van der Waals surface area contributed by atoms with E-state index in [1.165, 1.54) is 5.56 Å². The molecule has 3 heteroatoms. The second kappa shape index (κ2) is 6.72. The number of pyridine rings is 1. The molecular weight excluding hydrogens is 210 g/mol. The molecule has 1 aromatic rings. The van der Waals surface area contributed by atoms with Crippen molar-refractivity contribution < 1.29 is 0 Å². The van der Waals surface area contributed by atoms with E-state index in [1.54, 1.807) is 6.20 Å². The first kappa shape index (κ1) is 14.1. The lowest BCUT2D eigenvalue weighted by Gasteiger charge is -2.26. The molecule has 17 heavy (non-hydrogen) atoms. The standard InChI is InChI=1S/C14H25N3/c1-14(2,3)12-17(4)9-8-16-11-13-6-5-7-15-10-13/h5-7,10,16H,8-9,11-12H2,1-4H3. The summed E-state index contributed by atoms with van der Waals surface area (Å²) in [5, 5.41) is 3.44. The lowest BCUT2D eigenvalue weighted by Crippen LogP contribution is -2.34. The SMILES string of the molecule is CN(CCNCc1cccnc1)CC(C)(C)C. The zero-order valence-electron chi connectivity index (χ0n) is 11.5. The normalized spacial score (nSPS) is 12.1. The van der Waals surface area contributed by atoms with E-state index in [0.717, 1.165) is 26.2 Å². The quantitative estimate of drug-likeness (QED) is 0.766. The van der Waals surface area contributed by atoms with E-state index >= 15 is 0 Å². The van der Waals surface area contributed by atoms with Crippen LogP contribution in [-0.4, -0.2) is 36.6 Å². The van der Waals surface area contributed by atoms with Crippen LogP contribution in [-0.2, 0) is 6.54 Å². The Kier molecular flexibility index (Phi) is 5.59. The number of hydrogen-bond acceptors (Lipinski definition) is 3. The van der Waals surface area contributed by atoms with Crippen molar-refractivity contribution in [3.63, 3.8) is 0 Å². The van der Waals surface area contributed by atoms with Gasteiger partial charge in [-0.1, -0.05) is 26.8 Å². The first-order chi connectivity index (χ1) is 7.97. The molecule has 0 aromatic carbocycles. The van der Waals surface area contributed by atoms with Crippen LogP contribution in [0.25, 0.3) is 0 Å². The van der Waals surface area contributed by atoms with Crippen molar-refractivity contribution in [3.8, 4) is 0 Å². The van der Waals surface area contributed by atoms with E-state index in [0.29, 0.717) is 5.41 Å². The van der Waals surface area contributed by atoms with Gasteiger partial charge in [0.05, 0.1) is 0 Å². The molecule has 0 unspecified atom stereocenters. The minimum atomic E-state index is 0.373. The molecule has 0 saturated heterocycles. The summed E-state index contributed by atoms with van der Waals surface area (Å²) in [5.41, 5.74) is 1.61. The summed E-state index contributed by atoms with van der Waals surface area (Å²) < 4.78 is 0. The second-order valence-corrected chi connectivity index (χ2v) is 5.84. The van der Waals surface area contributed by atoms with Gasteiger partial charge in [0, 0.05) is 38.6 Å². The van der Waals surface area contributed by atoms with E-state index in [4.69, 9.17) is 0 Å². The average Bonchev–Trinajstić information content (AvgIpc) is 2.23. The maximum absolute atomic E-state index is 4.10. The van der Waals surface area contributed by atoms with E-state index in [-0.39, 0.29) is 0 Å². The lowest BCUT2D eigenvalue weighted by molar-refractivity contribution is 0.227.